The smallest absolute Gasteiger partial charge is 0.309 e. The van der Waals surface area contributed by atoms with Gasteiger partial charge in [-0.25, -0.2) is 12.7 Å². The molecule has 0 N–H and O–H groups in total. The first-order valence-corrected chi connectivity index (χ1v) is 13.2. The van der Waals surface area contributed by atoms with Crippen LogP contribution >= 0.6 is 0 Å². The van der Waals surface area contributed by atoms with E-state index in [0.717, 1.165) is 23.4 Å². The monoisotopic (exact) mass is 490 g/mol. The maximum atomic E-state index is 12.8. The van der Waals surface area contributed by atoms with E-state index in [0.29, 0.717) is 37.3 Å². The Hall–Kier alpha value is -2.85. The topological polar surface area (TPSA) is 104 Å². The van der Waals surface area contributed by atoms with E-state index in [4.69, 9.17) is 14.2 Å². The third-order valence-corrected chi connectivity index (χ3v) is 7.73. The molecule has 2 aliphatic rings. The van der Waals surface area contributed by atoms with Gasteiger partial charge >= 0.3 is 5.97 Å². The molecule has 1 fully saturated rings. The molecular weight excluding hydrogens is 460 g/mol. The van der Waals surface area contributed by atoms with Crippen molar-refractivity contribution in [3.05, 3.63) is 47.3 Å². The van der Waals surface area contributed by atoms with Gasteiger partial charge in [0, 0.05) is 30.0 Å². The van der Waals surface area contributed by atoms with Crippen LogP contribution in [-0.4, -0.2) is 67.7 Å². The van der Waals surface area contributed by atoms with E-state index in [9.17, 15) is 18.0 Å². The minimum atomic E-state index is -3.26. The molecule has 2 aliphatic heterocycles. The molecule has 184 valence electrons. The minimum absolute atomic E-state index is 0.196. The molecule has 4 rings (SSSR count). The molecule has 0 aliphatic carbocycles. The van der Waals surface area contributed by atoms with Crippen molar-refractivity contribution < 1.29 is 32.2 Å². The lowest BCUT2D eigenvalue weighted by Gasteiger charge is -2.28. The molecule has 9 nitrogen and oxygen atoms in total. The molecule has 0 spiro atoms. The Kier molecular flexibility index (Phi) is 6.99. The summed E-state index contributed by atoms with van der Waals surface area (Å²) in [4.78, 5) is 25.3. The van der Waals surface area contributed by atoms with Gasteiger partial charge in [-0.3, -0.25) is 9.59 Å². The minimum Gasteiger partial charge on any atom is -0.486 e. The molecule has 0 saturated carbocycles. The zero-order valence-electron chi connectivity index (χ0n) is 19.7. The van der Waals surface area contributed by atoms with Gasteiger partial charge in [-0.2, -0.15) is 0 Å². The van der Waals surface area contributed by atoms with Crippen LogP contribution in [0.3, 0.4) is 0 Å². The number of aromatic nitrogens is 1. The van der Waals surface area contributed by atoms with Crippen molar-refractivity contribution in [2.45, 2.75) is 39.3 Å². The highest BCUT2D eigenvalue weighted by atomic mass is 32.2. The molecule has 10 heteroatoms. The number of sulfonamides is 1. The zero-order valence-corrected chi connectivity index (χ0v) is 20.5. The van der Waals surface area contributed by atoms with E-state index in [1.165, 1.54) is 4.31 Å². The van der Waals surface area contributed by atoms with Crippen LogP contribution in [0.4, 0.5) is 0 Å². The number of carbonyl (C=O) groups is 2. The van der Waals surface area contributed by atoms with E-state index in [-0.39, 0.29) is 31.6 Å². The fraction of sp³-hybridized carbons (Fsp3) is 0.500. The number of nitrogens with zero attached hydrogens (tertiary/aromatic N) is 2. The van der Waals surface area contributed by atoms with Crippen molar-refractivity contribution in [2.75, 3.05) is 32.6 Å². The van der Waals surface area contributed by atoms with Crippen molar-refractivity contribution in [1.29, 1.82) is 0 Å². The number of rotatable bonds is 7. The van der Waals surface area contributed by atoms with Crippen LogP contribution < -0.4 is 9.47 Å². The molecule has 1 unspecified atom stereocenters. The van der Waals surface area contributed by atoms with Crippen molar-refractivity contribution >= 4 is 21.8 Å². The van der Waals surface area contributed by atoms with Crippen molar-refractivity contribution in [3.8, 4) is 11.5 Å². The Morgan fingerprint density at radius 1 is 1.12 bits per heavy atom. The number of esters is 1. The number of benzene rings is 1. The second-order valence-electron chi connectivity index (χ2n) is 8.86. The van der Waals surface area contributed by atoms with E-state index >= 15 is 0 Å². The van der Waals surface area contributed by atoms with Gasteiger partial charge in [-0.05, 0) is 44.9 Å². The fourth-order valence-electron chi connectivity index (χ4n) is 4.48. The number of ketones is 1. The standard InChI is InChI=1S/C24H30N2O7S/c1-16-12-20(17(2)26(16)13-19-14-31-22-6-4-5-7-23(22)33-19)21(27)15-32-24(28)18-8-10-25(11-9-18)34(3,29)30/h4-7,12,18-19H,8-11,13-15H2,1-3H3. The first-order chi connectivity index (χ1) is 16.1. The predicted molar refractivity (Wildman–Crippen MR) is 125 cm³/mol. The van der Waals surface area contributed by atoms with E-state index in [1.807, 2.05) is 42.7 Å². The summed E-state index contributed by atoms with van der Waals surface area (Å²) in [5.74, 6) is 0.296. The number of hydrogen-bond acceptors (Lipinski definition) is 7. The van der Waals surface area contributed by atoms with Gasteiger partial charge in [0.25, 0.3) is 0 Å². The van der Waals surface area contributed by atoms with Crippen molar-refractivity contribution in [3.63, 3.8) is 0 Å². The Labute approximate surface area is 199 Å². The predicted octanol–water partition coefficient (Wildman–Crippen LogP) is 2.34. The maximum Gasteiger partial charge on any atom is 0.309 e. The van der Waals surface area contributed by atoms with Crippen LogP contribution in [0.25, 0.3) is 0 Å². The number of ether oxygens (including phenoxy) is 3. The number of fused-ring (bicyclic) bond motifs is 1. The Balaban J connectivity index is 1.33. The van der Waals surface area contributed by atoms with Crippen molar-refractivity contribution in [2.24, 2.45) is 5.92 Å². The van der Waals surface area contributed by atoms with Gasteiger partial charge in [0.05, 0.1) is 18.7 Å². The molecule has 1 saturated heterocycles. The number of piperidine rings is 1. The Bertz CT molecular complexity index is 1180. The Morgan fingerprint density at radius 3 is 2.47 bits per heavy atom. The van der Waals surface area contributed by atoms with Crippen LogP contribution in [0.2, 0.25) is 0 Å². The summed E-state index contributed by atoms with van der Waals surface area (Å²) in [6.45, 7) is 4.94. The SMILES string of the molecule is Cc1cc(C(=O)COC(=O)C2CCN(S(C)(=O)=O)CC2)c(C)n1CC1COc2ccccc2O1. The average Bonchev–Trinajstić information content (AvgIpc) is 3.10. The van der Waals surface area contributed by atoms with Crippen LogP contribution in [0.5, 0.6) is 11.5 Å². The van der Waals surface area contributed by atoms with E-state index < -0.39 is 21.9 Å². The highest BCUT2D eigenvalue weighted by Crippen LogP contribution is 2.31. The third kappa shape index (κ3) is 5.28. The molecule has 1 atom stereocenters. The Morgan fingerprint density at radius 2 is 1.79 bits per heavy atom. The van der Waals surface area contributed by atoms with Crippen LogP contribution in [0.15, 0.2) is 30.3 Å². The average molecular weight is 491 g/mol. The first kappa shape index (κ1) is 24.3. The number of Topliss-reactive ketones (excluding diaryl/α,β-unsaturated/α-hetero) is 1. The molecule has 2 aromatic rings. The third-order valence-electron chi connectivity index (χ3n) is 6.43. The van der Waals surface area contributed by atoms with Gasteiger partial charge in [0.2, 0.25) is 15.8 Å². The number of para-hydroxylation sites is 2. The lowest BCUT2D eigenvalue weighted by atomic mass is 9.98. The summed E-state index contributed by atoms with van der Waals surface area (Å²) in [5, 5.41) is 0. The molecule has 0 amide bonds. The fourth-order valence-corrected chi connectivity index (χ4v) is 5.35. The lowest BCUT2D eigenvalue weighted by Crippen LogP contribution is -2.40. The second kappa shape index (κ2) is 9.79. The first-order valence-electron chi connectivity index (χ1n) is 11.3. The summed E-state index contributed by atoms with van der Waals surface area (Å²) >= 11 is 0. The number of hydrogen-bond donors (Lipinski definition) is 0. The van der Waals surface area contributed by atoms with E-state index in [2.05, 4.69) is 0 Å². The van der Waals surface area contributed by atoms with Crippen LogP contribution in [0, 0.1) is 19.8 Å². The molecule has 0 bridgehead atoms. The maximum absolute atomic E-state index is 12.8. The van der Waals surface area contributed by atoms with Gasteiger partial charge in [0.1, 0.15) is 6.61 Å². The van der Waals surface area contributed by atoms with Crippen molar-refractivity contribution in [1.82, 2.24) is 8.87 Å². The molecule has 3 heterocycles. The van der Waals surface area contributed by atoms with Gasteiger partial charge < -0.3 is 18.8 Å². The van der Waals surface area contributed by atoms with Crippen LogP contribution in [0.1, 0.15) is 34.6 Å². The van der Waals surface area contributed by atoms with E-state index in [1.54, 1.807) is 6.07 Å². The summed E-state index contributed by atoms with van der Waals surface area (Å²) in [7, 11) is -3.26. The quantitative estimate of drug-likeness (QED) is 0.433. The molecule has 0 radical (unpaired) electrons. The molecule has 34 heavy (non-hydrogen) atoms. The number of carbonyl (C=O) groups excluding carboxylic acids is 2. The number of aryl methyl sites for hydroxylation is 1. The highest BCUT2D eigenvalue weighted by Gasteiger charge is 2.30. The second-order valence-corrected chi connectivity index (χ2v) is 10.8. The molecular formula is C24H30N2O7S. The summed E-state index contributed by atoms with van der Waals surface area (Å²) in [6.07, 6.45) is 1.74. The lowest BCUT2D eigenvalue weighted by molar-refractivity contribution is -0.148. The summed E-state index contributed by atoms with van der Waals surface area (Å²) in [6, 6.07) is 9.32. The summed E-state index contributed by atoms with van der Waals surface area (Å²) < 4.78 is 43.8. The highest BCUT2D eigenvalue weighted by molar-refractivity contribution is 7.88. The zero-order chi connectivity index (χ0) is 24.5. The molecule has 1 aromatic heterocycles. The van der Waals surface area contributed by atoms with Gasteiger partial charge in [0.15, 0.2) is 24.2 Å². The van der Waals surface area contributed by atoms with Crippen LogP contribution in [-0.2, 0) is 26.1 Å². The normalized spacial score (nSPS) is 19.1. The summed E-state index contributed by atoms with van der Waals surface area (Å²) in [5.41, 5.74) is 2.19. The largest absolute Gasteiger partial charge is 0.486 e. The molecule has 1 aromatic carbocycles. The van der Waals surface area contributed by atoms with Gasteiger partial charge in [-0.15, -0.1) is 0 Å². The van der Waals surface area contributed by atoms with Gasteiger partial charge in [-0.1, -0.05) is 12.1 Å².